The van der Waals surface area contributed by atoms with Crippen molar-refractivity contribution in [2.75, 3.05) is 6.61 Å². The molecule has 3 unspecified atom stereocenters. The third kappa shape index (κ3) is 42.0. The molecule has 0 saturated heterocycles. The summed E-state index contributed by atoms with van der Waals surface area (Å²) >= 11 is 0. The van der Waals surface area contributed by atoms with E-state index in [0.29, 0.717) is 25.7 Å². The van der Waals surface area contributed by atoms with E-state index in [0.717, 1.165) is 51.4 Å². The van der Waals surface area contributed by atoms with Gasteiger partial charge in [-0.05, 0) is 64.2 Å². The molecule has 0 fully saturated rings. The van der Waals surface area contributed by atoms with Gasteiger partial charge in [-0.1, -0.05) is 229 Å². The van der Waals surface area contributed by atoms with Crippen LogP contribution in [0.2, 0.25) is 0 Å². The molecular formula is C54H95NO5. The van der Waals surface area contributed by atoms with Gasteiger partial charge in [0.25, 0.3) is 0 Å². The third-order valence-corrected chi connectivity index (χ3v) is 11.1. The van der Waals surface area contributed by atoms with E-state index < -0.39 is 18.2 Å². The normalized spacial score (nSPS) is 13.9. The molecule has 0 rings (SSSR count). The van der Waals surface area contributed by atoms with Gasteiger partial charge >= 0.3 is 5.97 Å². The molecule has 0 heterocycles. The summed E-state index contributed by atoms with van der Waals surface area (Å²) in [5.41, 5.74) is 0. The Balaban J connectivity index is 4.70. The van der Waals surface area contributed by atoms with E-state index in [2.05, 4.69) is 44.3 Å². The number of carbonyl (C=O) groups is 2. The maximum atomic E-state index is 13.2. The summed E-state index contributed by atoms with van der Waals surface area (Å²) in [5.74, 6) is -0.567. The lowest BCUT2D eigenvalue weighted by atomic mass is 10.0. The van der Waals surface area contributed by atoms with Crippen LogP contribution in [-0.4, -0.2) is 46.9 Å². The molecule has 0 aromatic heterocycles. The fourth-order valence-electron chi connectivity index (χ4n) is 7.34. The average Bonchev–Trinajstić information content (AvgIpc) is 3.24. The van der Waals surface area contributed by atoms with Crippen molar-refractivity contribution in [3.05, 3.63) is 72.9 Å². The predicted octanol–water partition coefficient (Wildman–Crippen LogP) is 15.0. The second-order valence-electron chi connectivity index (χ2n) is 17.0. The number of esters is 1. The molecule has 6 nitrogen and oxygen atoms in total. The van der Waals surface area contributed by atoms with E-state index in [9.17, 15) is 19.8 Å². The lowest BCUT2D eigenvalue weighted by molar-refractivity contribution is -0.151. The van der Waals surface area contributed by atoms with Gasteiger partial charge in [0.05, 0.1) is 25.2 Å². The maximum Gasteiger partial charge on any atom is 0.306 e. The molecule has 0 spiro atoms. The fourth-order valence-corrected chi connectivity index (χ4v) is 7.34. The van der Waals surface area contributed by atoms with Gasteiger partial charge in [0.2, 0.25) is 5.91 Å². The second-order valence-corrected chi connectivity index (χ2v) is 17.0. The first-order valence-corrected chi connectivity index (χ1v) is 25.2. The molecule has 6 heteroatoms. The molecular weight excluding hydrogens is 743 g/mol. The van der Waals surface area contributed by atoms with Crippen LogP contribution < -0.4 is 5.32 Å². The zero-order valence-corrected chi connectivity index (χ0v) is 39.3. The van der Waals surface area contributed by atoms with Crippen molar-refractivity contribution in [3.8, 4) is 0 Å². The third-order valence-electron chi connectivity index (χ3n) is 11.1. The molecule has 0 radical (unpaired) electrons. The molecule has 0 aromatic rings. The Morgan fingerprint density at radius 3 is 1.40 bits per heavy atom. The number of aliphatic hydroxyl groups is 2. The van der Waals surface area contributed by atoms with Crippen LogP contribution in [0.4, 0.5) is 0 Å². The standard InChI is InChI=1S/C54H95NO5/c1-4-7-10-13-16-19-22-24-25-26-27-29-31-33-36-39-42-45-50(60-54(59)47-44-41-38-35-32-28-23-20-17-14-11-8-5-2)48-53(58)55-51(49-56)52(57)46-43-40-37-34-30-21-18-15-12-9-6-3/h8,11,14,17,20,23-25,28,32,35,38,50-52,56-57H,4-7,9-10,12-13,15-16,18-19,21-22,26-27,29-31,33-34,36-37,39-49H2,1-3H3,(H,55,58)/b11-8+,17-14+,23-20-,25-24+,32-28-,38-35+. The van der Waals surface area contributed by atoms with Gasteiger partial charge in [0.15, 0.2) is 0 Å². The first-order chi connectivity index (χ1) is 29.5. The van der Waals surface area contributed by atoms with E-state index in [1.54, 1.807) is 0 Å². The molecule has 0 bridgehead atoms. The second kappa shape index (κ2) is 47.4. The summed E-state index contributed by atoms with van der Waals surface area (Å²) in [6.07, 6.45) is 59.7. The number of hydrogen-bond donors (Lipinski definition) is 3. The van der Waals surface area contributed by atoms with E-state index in [4.69, 9.17) is 4.74 Å². The van der Waals surface area contributed by atoms with Gasteiger partial charge in [-0.2, -0.15) is 0 Å². The smallest absolute Gasteiger partial charge is 0.306 e. The molecule has 346 valence electrons. The van der Waals surface area contributed by atoms with Gasteiger partial charge in [-0.15, -0.1) is 0 Å². The Kier molecular flexibility index (Phi) is 45.2. The van der Waals surface area contributed by atoms with Gasteiger partial charge in [0.1, 0.15) is 6.10 Å². The summed E-state index contributed by atoms with van der Waals surface area (Å²) in [6, 6.07) is -0.719. The monoisotopic (exact) mass is 838 g/mol. The molecule has 0 saturated carbocycles. The Morgan fingerprint density at radius 2 is 0.917 bits per heavy atom. The molecule has 3 N–H and O–H groups in total. The highest BCUT2D eigenvalue weighted by Gasteiger charge is 2.24. The molecule has 0 aromatic carbocycles. The number of carbonyl (C=O) groups excluding carboxylic acids is 2. The van der Waals surface area contributed by atoms with E-state index in [-0.39, 0.29) is 24.9 Å². The minimum atomic E-state index is -0.802. The fraction of sp³-hybridized carbons (Fsp3) is 0.741. The van der Waals surface area contributed by atoms with E-state index in [1.165, 1.54) is 128 Å². The van der Waals surface area contributed by atoms with Gasteiger partial charge in [0, 0.05) is 6.42 Å². The van der Waals surface area contributed by atoms with Crippen molar-refractivity contribution in [3.63, 3.8) is 0 Å². The summed E-state index contributed by atoms with van der Waals surface area (Å²) in [4.78, 5) is 26.1. The van der Waals surface area contributed by atoms with Crippen molar-refractivity contribution in [2.45, 2.75) is 251 Å². The highest BCUT2D eigenvalue weighted by Crippen LogP contribution is 2.17. The highest BCUT2D eigenvalue weighted by atomic mass is 16.5. The largest absolute Gasteiger partial charge is 0.462 e. The Labute approximate surface area is 371 Å². The topological polar surface area (TPSA) is 95.9 Å². The Morgan fingerprint density at radius 1 is 0.500 bits per heavy atom. The first kappa shape index (κ1) is 57.3. The van der Waals surface area contributed by atoms with Crippen LogP contribution in [0.25, 0.3) is 0 Å². The molecule has 3 atom stereocenters. The number of aliphatic hydroxyl groups excluding tert-OH is 2. The number of unbranched alkanes of at least 4 members (excludes halogenated alkanes) is 24. The molecule has 0 aliphatic heterocycles. The number of allylic oxidation sites excluding steroid dienone is 12. The average molecular weight is 838 g/mol. The van der Waals surface area contributed by atoms with Crippen molar-refractivity contribution < 1.29 is 24.5 Å². The summed E-state index contributed by atoms with van der Waals surface area (Å²) < 4.78 is 5.89. The summed E-state index contributed by atoms with van der Waals surface area (Å²) in [7, 11) is 0. The highest BCUT2D eigenvalue weighted by molar-refractivity contribution is 5.77. The summed E-state index contributed by atoms with van der Waals surface area (Å²) in [5, 5.41) is 23.7. The minimum Gasteiger partial charge on any atom is -0.462 e. The Bertz CT molecular complexity index is 1120. The van der Waals surface area contributed by atoms with Crippen molar-refractivity contribution in [1.29, 1.82) is 0 Å². The Hall–Kier alpha value is -2.70. The minimum absolute atomic E-state index is 0.0437. The van der Waals surface area contributed by atoms with Crippen LogP contribution in [0.1, 0.15) is 233 Å². The number of rotatable bonds is 44. The molecule has 1 amide bonds. The van der Waals surface area contributed by atoms with E-state index >= 15 is 0 Å². The van der Waals surface area contributed by atoms with Gasteiger partial charge < -0.3 is 20.3 Å². The van der Waals surface area contributed by atoms with Crippen LogP contribution in [-0.2, 0) is 14.3 Å². The SMILES string of the molecule is CC/C=C/C=C/C=C\C=C/C=C/CCCC(=O)OC(CCCCCCCCC/C=C/CCCCCCCC)CC(=O)NC(CO)C(O)CCCCCCCCCCCCC. The predicted molar refractivity (Wildman–Crippen MR) is 259 cm³/mol. The zero-order valence-electron chi connectivity index (χ0n) is 39.3. The number of nitrogens with one attached hydrogen (secondary N) is 1. The van der Waals surface area contributed by atoms with Crippen LogP contribution in [0.5, 0.6) is 0 Å². The summed E-state index contributed by atoms with van der Waals surface area (Å²) in [6.45, 7) is 6.31. The molecule has 0 aliphatic rings. The van der Waals surface area contributed by atoms with Crippen molar-refractivity contribution in [1.82, 2.24) is 5.32 Å². The molecule has 0 aliphatic carbocycles. The van der Waals surface area contributed by atoms with Crippen LogP contribution in [0.15, 0.2) is 72.9 Å². The van der Waals surface area contributed by atoms with Crippen LogP contribution >= 0.6 is 0 Å². The number of amides is 1. The van der Waals surface area contributed by atoms with Crippen LogP contribution in [0, 0.1) is 0 Å². The number of hydrogen-bond acceptors (Lipinski definition) is 5. The van der Waals surface area contributed by atoms with Gasteiger partial charge in [-0.3, -0.25) is 9.59 Å². The van der Waals surface area contributed by atoms with Crippen LogP contribution in [0.3, 0.4) is 0 Å². The first-order valence-electron chi connectivity index (χ1n) is 25.2. The lowest BCUT2D eigenvalue weighted by Gasteiger charge is -2.24. The lowest BCUT2D eigenvalue weighted by Crippen LogP contribution is -2.46. The van der Waals surface area contributed by atoms with Crippen molar-refractivity contribution >= 4 is 11.9 Å². The maximum absolute atomic E-state index is 13.2. The van der Waals surface area contributed by atoms with Gasteiger partial charge in [-0.25, -0.2) is 0 Å². The van der Waals surface area contributed by atoms with E-state index in [1.807, 2.05) is 54.7 Å². The quantitative estimate of drug-likeness (QED) is 0.0246. The zero-order chi connectivity index (χ0) is 43.8. The molecule has 60 heavy (non-hydrogen) atoms. The van der Waals surface area contributed by atoms with Crippen molar-refractivity contribution in [2.24, 2.45) is 0 Å². The number of ether oxygens (including phenoxy) is 1.